The molecule has 0 radical (unpaired) electrons. The van der Waals surface area contributed by atoms with Crippen molar-refractivity contribution in [3.05, 3.63) is 34.4 Å². The van der Waals surface area contributed by atoms with Crippen LogP contribution in [0, 0.1) is 44.4 Å². The number of carbonyl (C=O) groups is 3. The number of aryl methyl sites for hydroxylation is 3. The van der Waals surface area contributed by atoms with E-state index in [1.54, 1.807) is 0 Å². The molecule has 0 spiro atoms. The summed E-state index contributed by atoms with van der Waals surface area (Å²) in [7, 11) is 0. The second-order valence-corrected chi connectivity index (χ2v) is 9.21. The Morgan fingerprint density at radius 1 is 1.00 bits per heavy atom. The fraction of sp³-hybridized carbons (Fsp3) is 0.625. The van der Waals surface area contributed by atoms with Crippen molar-refractivity contribution >= 4 is 17.3 Å². The SMILES string of the molecule is Cc1cc(C)c(C2C(=O)CC(C(C(=O)C3CC3)C3CCNCC3)C2=O)c(C)c1. The van der Waals surface area contributed by atoms with Gasteiger partial charge < -0.3 is 5.32 Å². The lowest BCUT2D eigenvalue weighted by Crippen LogP contribution is -2.40. The van der Waals surface area contributed by atoms with E-state index in [9.17, 15) is 14.4 Å². The molecule has 28 heavy (non-hydrogen) atoms. The second-order valence-electron chi connectivity index (χ2n) is 9.21. The summed E-state index contributed by atoms with van der Waals surface area (Å²) >= 11 is 0. The molecule has 1 saturated heterocycles. The van der Waals surface area contributed by atoms with E-state index in [1.807, 2.05) is 20.8 Å². The summed E-state index contributed by atoms with van der Waals surface area (Å²) in [5.74, 6) is -0.737. The van der Waals surface area contributed by atoms with Crippen LogP contribution in [-0.4, -0.2) is 30.4 Å². The smallest absolute Gasteiger partial charge is 0.152 e. The Bertz CT molecular complexity index is 794. The molecule has 3 fully saturated rings. The molecule has 0 bridgehead atoms. The lowest BCUT2D eigenvalue weighted by molar-refractivity contribution is -0.134. The van der Waals surface area contributed by atoms with Crippen LogP contribution in [0.5, 0.6) is 0 Å². The van der Waals surface area contributed by atoms with E-state index in [0.717, 1.165) is 61.0 Å². The van der Waals surface area contributed by atoms with Gasteiger partial charge in [0, 0.05) is 24.2 Å². The summed E-state index contributed by atoms with van der Waals surface area (Å²) in [6.07, 6.45) is 4.00. The minimum absolute atomic E-state index is 0.00224. The molecule has 1 aromatic rings. The normalized spacial score (nSPS) is 27.2. The Morgan fingerprint density at radius 2 is 1.61 bits per heavy atom. The van der Waals surface area contributed by atoms with Gasteiger partial charge in [0.2, 0.25) is 0 Å². The van der Waals surface area contributed by atoms with Gasteiger partial charge in [-0.15, -0.1) is 0 Å². The zero-order valence-corrected chi connectivity index (χ0v) is 17.2. The van der Waals surface area contributed by atoms with Crippen molar-refractivity contribution in [3.63, 3.8) is 0 Å². The number of hydrogen-bond donors (Lipinski definition) is 1. The van der Waals surface area contributed by atoms with Crippen LogP contribution in [0.2, 0.25) is 0 Å². The van der Waals surface area contributed by atoms with Crippen LogP contribution in [0.1, 0.15) is 60.3 Å². The minimum Gasteiger partial charge on any atom is -0.317 e. The maximum atomic E-state index is 13.5. The van der Waals surface area contributed by atoms with Crippen LogP contribution < -0.4 is 5.32 Å². The van der Waals surface area contributed by atoms with E-state index in [1.165, 1.54) is 0 Å². The third-order valence-corrected chi connectivity index (χ3v) is 7.05. The summed E-state index contributed by atoms with van der Waals surface area (Å²) in [5.41, 5.74) is 4.05. The summed E-state index contributed by atoms with van der Waals surface area (Å²) < 4.78 is 0. The third-order valence-electron chi connectivity index (χ3n) is 7.05. The molecule has 150 valence electrons. The maximum absolute atomic E-state index is 13.5. The number of nitrogens with one attached hydrogen (secondary N) is 1. The van der Waals surface area contributed by atoms with Gasteiger partial charge in [0.15, 0.2) is 5.78 Å². The molecule has 1 N–H and O–H groups in total. The summed E-state index contributed by atoms with van der Waals surface area (Å²) in [4.78, 5) is 39.8. The third kappa shape index (κ3) is 3.47. The van der Waals surface area contributed by atoms with Crippen molar-refractivity contribution < 1.29 is 14.4 Å². The largest absolute Gasteiger partial charge is 0.317 e. The highest BCUT2D eigenvalue weighted by Crippen LogP contribution is 2.46. The average molecular weight is 382 g/mol. The zero-order chi connectivity index (χ0) is 20.0. The lowest BCUT2D eigenvalue weighted by atomic mass is 9.72. The molecule has 4 heteroatoms. The van der Waals surface area contributed by atoms with Gasteiger partial charge in [-0.05, 0) is 82.2 Å². The first kappa shape index (κ1) is 19.5. The zero-order valence-electron chi connectivity index (χ0n) is 17.2. The molecule has 3 atom stereocenters. The fourth-order valence-electron chi connectivity index (χ4n) is 5.66. The molecule has 1 heterocycles. The van der Waals surface area contributed by atoms with E-state index < -0.39 is 11.8 Å². The number of ketones is 3. The van der Waals surface area contributed by atoms with Crippen LogP contribution in [0.25, 0.3) is 0 Å². The van der Waals surface area contributed by atoms with Gasteiger partial charge in [-0.25, -0.2) is 0 Å². The van der Waals surface area contributed by atoms with Gasteiger partial charge in [0.05, 0.1) is 0 Å². The molecule has 1 aromatic carbocycles. The van der Waals surface area contributed by atoms with Crippen LogP contribution in [0.15, 0.2) is 12.1 Å². The summed E-state index contributed by atoms with van der Waals surface area (Å²) in [6.45, 7) is 7.80. The van der Waals surface area contributed by atoms with Crippen LogP contribution in [0.3, 0.4) is 0 Å². The maximum Gasteiger partial charge on any atom is 0.152 e. The van der Waals surface area contributed by atoms with Gasteiger partial charge in [-0.3, -0.25) is 14.4 Å². The van der Waals surface area contributed by atoms with Gasteiger partial charge >= 0.3 is 0 Å². The number of hydrogen-bond acceptors (Lipinski definition) is 4. The van der Waals surface area contributed by atoms with Crippen LogP contribution in [0.4, 0.5) is 0 Å². The Hall–Kier alpha value is -1.81. The van der Waals surface area contributed by atoms with Crippen molar-refractivity contribution in [1.29, 1.82) is 0 Å². The molecular weight excluding hydrogens is 350 g/mol. The monoisotopic (exact) mass is 381 g/mol. The van der Waals surface area contributed by atoms with Crippen molar-refractivity contribution in [2.45, 2.75) is 58.8 Å². The number of carbonyl (C=O) groups excluding carboxylic acids is 3. The number of benzene rings is 1. The van der Waals surface area contributed by atoms with Crippen LogP contribution in [-0.2, 0) is 14.4 Å². The van der Waals surface area contributed by atoms with Gasteiger partial charge in [0.1, 0.15) is 17.5 Å². The molecule has 2 aliphatic carbocycles. The molecule has 2 saturated carbocycles. The quantitative estimate of drug-likeness (QED) is 0.794. The standard InChI is InChI=1S/C24H31NO3/c1-13-10-14(2)20(15(3)11-13)22-19(26)12-18(24(22)28)21(23(27)17-4-5-17)16-6-8-25-9-7-16/h10-11,16-18,21-22,25H,4-9,12H2,1-3H3. The van der Waals surface area contributed by atoms with Crippen molar-refractivity contribution in [1.82, 2.24) is 5.32 Å². The molecule has 4 nitrogen and oxygen atoms in total. The van der Waals surface area contributed by atoms with Crippen molar-refractivity contribution in [2.75, 3.05) is 13.1 Å². The molecule has 0 amide bonds. The predicted octanol–water partition coefficient (Wildman–Crippen LogP) is 3.45. The first-order valence-electron chi connectivity index (χ1n) is 10.8. The molecule has 0 aromatic heterocycles. The topological polar surface area (TPSA) is 63.2 Å². The van der Waals surface area contributed by atoms with Crippen molar-refractivity contribution in [2.24, 2.45) is 23.7 Å². The lowest BCUT2D eigenvalue weighted by Gasteiger charge is -2.33. The average Bonchev–Trinajstić information content (AvgIpc) is 3.45. The molecule has 3 unspecified atom stereocenters. The molecule has 3 aliphatic rings. The second kappa shape index (κ2) is 7.55. The molecular formula is C24H31NO3. The van der Waals surface area contributed by atoms with Gasteiger partial charge in [-0.2, -0.15) is 0 Å². The van der Waals surface area contributed by atoms with E-state index >= 15 is 0 Å². The minimum atomic E-state index is -0.679. The Kier molecular flexibility index (Phi) is 5.26. The first-order valence-corrected chi connectivity index (χ1v) is 10.8. The highest BCUT2D eigenvalue weighted by molar-refractivity contribution is 6.16. The molecule has 1 aliphatic heterocycles. The Balaban J connectivity index is 1.67. The van der Waals surface area contributed by atoms with E-state index in [2.05, 4.69) is 17.4 Å². The van der Waals surface area contributed by atoms with E-state index in [4.69, 9.17) is 0 Å². The molecule has 4 rings (SSSR count). The predicted molar refractivity (Wildman–Crippen MR) is 108 cm³/mol. The van der Waals surface area contributed by atoms with Gasteiger partial charge in [0.25, 0.3) is 0 Å². The van der Waals surface area contributed by atoms with E-state index in [-0.39, 0.29) is 41.5 Å². The summed E-state index contributed by atoms with van der Waals surface area (Å²) in [6, 6.07) is 4.10. The Labute approximate surface area is 167 Å². The van der Waals surface area contributed by atoms with Crippen LogP contribution >= 0.6 is 0 Å². The number of Topliss-reactive ketones (excluding diaryl/α,β-unsaturated/α-hetero) is 3. The van der Waals surface area contributed by atoms with Crippen molar-refractivity contribution in [3.8, 4) is 0 Å². The Morgan fingerprint density at radius 3 is 2.18 bits per heavy atom. The summed E-state index contributed by atoms with van der Waals surface area (Å²) in [5, 5.41) is 3.36. The number of rotatable bonds is 5. The van der Waals surface area contributed by atoms with Gasteiger partial charge in [-0.1, -0.05) is 17.7 Å². The first-order chi connectivity index (χ1) is 13.4. The number of piperidine rings is 1. The highest BCUT2D eigenvalue weighted by Gasteiger charge is 2.52. The fourth-order valence-corrected chi connectivity index (χ4v) is 5.66. The highest BCUT2D eigenvalue weighted by atomic mass is 16.2. The van der Waals surface area contributed by atoms with E-state index in [0.29, 0.717) is 0 Å².